The number of rotatable bonds is 1. The molecule has 3 nitrogen and oxygen atoms in total. The average molecular weight is 305 g/mol. The molecule has 0 fully saturated rings. The van der Waals surface area contributed by atoms with Crippen molar-refractivity contribution in [2.24, 2.45) is 0 Å². The number of para-hydroxylation sites is 1. The number of carbonyl (C=O) groups excluding carboxylic acids is 1. The lowest BCUT2D eigenvalue weighted by atomic mass is 9.78. The Labute approximate surface area is 136 Å². The molecule has 0 saturated heterocycles. The van der Waals surface area contributed by atoms with Gasteiger partial charge in [-0.2, -0.15) is 0 Å². The first-order valence-corrected chi connectivity index (χ1v) is 7.79. The number of likely N-dealkylation sites (N-methyl/N-ethyl adjacent to an activating group) is 1. The van der Waals surface area contributed by atoms with Crippen molar-refractivity contribution in [1.29, 1.82) is 0 Å². The molecule has 0 radical (unpaired) electrons. The minimum Gasteiger partial charge on any atom is -0.481 e. The van der Waals surface area contributed by atoms with Gasteiger partial charge in [0, 0.05) is 23.9 Å². The van der Waals surface area contributed by atoms with Gasteiger partial charge >= 0.3 is 0 Å². The Kier molecular flexibility index (Phi) is 2.74. The number of hydrogen-bond donors (Lipinski definition) is 0. The summed E-state index contributed by atoms with van der Waals surface area (Å²) in [6, 6.07) is 14.0. The monoisotopic (exact) mass is 305 g/mol. The first-order valence-electron chi connectivity index (χ1n) is 7.79. The van der Waals surface area contributed by atoms with Crippen molar-refractivity contribution in [3.8, 4) is 5.75 Å². The molecular formula is C20H19NO2. The van der Waals surface area contributed by atoms with Gasteiger partial charge in [0.15, 0.2) is 0 Å². The van der Waals surface area contributed by atoms with Crippen molar-refractivity contribution < 1.29 is 9.53 Å². The molecule has 0 aromatic heterocycles. The van der Waals surface area contributed by atoms with E-state index in [1.165, 1.54) is 0 Å². The highest BCUT2D eigenvalue weighted by Crippen LogP contribution is 2.53. The zero-order valence-electron chi connectivity index (χ0n) is 13.6. The molecule has 23 heavy (non-hydrogen) atoms. The fourth-order valence-electron chi connectivity index (χ4n) is 3.77. The largest absolute Gasteiger partial charge is 0.481 e. The third-order valence-corrected chi connectivity index (χ3v) is 5.12. The fraction of sp³-hybridized carbons (Fsp3) is 0.250. The van der Waals surface area contributed by atoms with Crippen LogP contribution in [0.4, 0.5) is 5.69 Å². The standard InChI is InChI=1S/C20H19NO2/c1-12-9-10-17-15(11-12)13(2)20(3,23-17)18-14-7-5-6-8-16(14)21(4)19(18)22/h5-11,18H,2H2,1,3-4H3/t18-,20+/m1/s1. The van der Waals surface area contributed by atoms with Crippen molar-refractivity contribution in [2.75, 3.05) is 11.9 Å². The molecule has 2 atom stereocenters. The molecule has 2 aliphatic rings. The van der Waals surface area contributed by atoms with Crippen LogP contribution in [-0.4, -0.2) is 18.6 Å². The quantitative estimate of drug-likeness (QED) is 0.799. The van der Waals surface area contributed by atoms with Gasteiger partial charge in [0.2, 0.25) is 5.91 Å². The van der Waals surface area contributed by atoms with Crippen molar-refractivity contribution in [2.45, 2.75) is 25.4 Å². The van der Waals surface area contributed by atoms with Gasteiger partial charge in [-0.05, 0) is 37.6 Å². The van der Waals surface area contributed by atoms with E-state index in [0.29, 0.717) is 0 Å². The van der Waals surface area contributed by atoms with Crippen LogP contribution in [0.1, 0.15) is 29.5 Å². The van der Waals surface area contributed by atoms with Crippen molar-refractivity contribution in [1.82, 2.24) is 0 Å². The van der Waals surface area contributed by atoms with Gasteiger partial charge in [-0.1, -0.05) is 36.4 Å². The number of nitrogens with zero attached hydrogens (tertiary/aromatic N) is 1. The summed E-state index contributed by atoms with van der Waals surface area (Å²) in [6.07, 6.45) is 0. The minimum atomic E-state index is -0.756. The smallest absolute Gasteiger partial charge is 0.238 e. The lowest BCUT2D eigenvalue weighted by Crippen LogP contribution is -2.42. The molecule has 2 heterocycles. The molecule has 2 aromatic carbocycles. The second kappa shape index (κ2) is 4.48. The van der Waals surface area contributed by atoms with Crippen LogP contribution in [0.3, 0.4) is 0 Å². The summed E-state index contributed by atoms with van der Waals surface area (Å²) in [5, 5.41) is 0. The summed E-state index contributed by atoms with van der Waals surface area (Å²) in [4.78, 5) is 14.6. The first-order chi connectivity index (χ1) is 10.9. The molecule has 0 bridgehead atoms. The second-order valence-electron chi connectivity index (χ2n) is 6.58. The Morgan fingerprint density at radius 1 is 1.22 bits per heavy atom. The Morgan fingerprint density at radius 2 is 1.96 bits per heavy atom. The van der Waals surface area contributed by atoms with Gasteiger partial charge in [-0.15, -0.1) is 0 Å². The first kappa shape index (κ1) is 14.1. The number of anilines is 1. The van der Waals surface area contributed by atoms with Crippen LogP contribution in [0.5, 0.6) is 5.75 Å². The van der Waals surface area contributed by atoms with E-state index in [-0.39, 0.29) is 11.8 Å². The SMILES string of the molecule is C=C1c2cc(C)ccc2O[C@]1(C)[C@H]1C(=O)N(C)c2ccccc21. The molecule has 1 amide bonds. The van der Waals surface area contributed by atoms with Gasteiger partial charge in [-0.25, -0.2) is 0 Å². The molecule has 116 valence electrons. The van der Waals surface area contributed by atoms with E-state index in [1.807, 2.05) is 57.3 Å². The summed E-state index contributed by atoms with van der Waals surface area (Å²) in [6.45, 7) is 8.30. The van der Waals surface area contributed by atoms with E-state index in [1.54, 1.807) is 4.90 Å². The summed E-state index contributed by atoms with van der Waals surface area (Å²) < 4.78 is 6.27. The maximum atomic E-state index is 12.9. The maximum Gasteiger partial charge on any atom is 0.238 e. The highest BCUT2D eigenvalue weighted by Gasteiger charge is 2.53. The summed E-state index contributed by atoms with van der Waals surface area (Å²) >= 11 is 0. The van der Waals surface area contributed by atoms with Crippen LogP contribution in [-0.2, 0) is 4.79 Å². The summed E-state index contributed by atoms with van der Waals surface area (Å²) in [5.41, 5.74) is 4.24. The Balaban J connectivity index is 1.86. The molecule has 0 unspecified atom stereocenters. The van der Waals surface area contributed by atoms with Gasteiger partial charge in [0.05, 0.1) is 0 Å². The molecule has 2 aromatic rings. The van der Waals surface area contributed by atoms with E-state index >= 15 is 0 Å². The maximum absolute atomic E-state index is 12.9. The van der Waals surface area contributed by atoms with Crippen LogP contribution in [0.25, 0.3) is 5.57 Å². The van der Waals surface area contributed by atoms with E-state index in [0.717, 1.165) is 33.7 Å². The average Bonchev–Trinajstić information content (AvgIpc) is 2.94. The van der Waals surface area contributed by atoms with Crippen LogP contribution in [0.2, 0.25) is 0 Å². The predicted octanol–water partition coefficient (Wildman–Crippen LogP) is 3.92. The van der Waals surface area contributed by atoms with Gasteiger partial charge in [0.25, 0.3) is 0 Å². The van der Waals surface area contributed by atoms with Gasteiger partial charge < -0.3 is 9.64 Å². The Bertz CT molecular complexity index is 854. The zero-order chi connectivity index (χ0) is 16.4. The normalized spacial score (nSPS) is 25.3. The molecule has 0 saturated carbocycles. The highest BCUT2D eigenvalue weighted by atomic mass is 16.5. The molecule has 3 heteroatoms. The lowest BCUT2D eigenvalue weighted by molar-refractivity contribution is -0.121. The summed E-state index contributed by atoms with van der Waals surface area (Å²) in [7, 11) is 1.82. The number of carbonyl (C=O) groups is 1. The van der Waals surface area contributed by atoms with E-state index < -0.39 is 5.60 Å². The lowest BCUT2D eigenvalue weighted by Gasteiger charge is -2.31. The molecule has 2 aliphatic heterocycles. The van der Waals surface area contributed by atoms with Crippen LogP contribution < -0.4 is 9.64 Å². The zero-order valence-corrected chi connectivity index (χ0v) is 13.6. The third-order valence-electron chi connectivity index (χ3n) is 5.12. The molecule has 0 aliphatic carbocycles. The number of hydrogen-bond acceptors (Lipinski definition) is 2. The predicted molar refractivity (Wildman–Crippen MR) is 91.8 cm³/mol. The molecule has 0 spiro atoms. The Morgan fingerprint density at radius 3 is 2.74 bits per heavy atom. The van der Waals surface area contributed by atoms with Gasteiger partial charge in [0.1, 0.15) is 17.3 Å². The fourth-order valence-corrected chi connectivity index (χ4v) is 3.77. The number of benzene rings is 2. The molecular weight excluding hydrogens is 286 g/mol. The van der Waals surface area contributed by atoms with Crippen molar-refractivity contribution in [3.63, 3.8) is 0 Å². The number of amides is 1. The van der Waals surface area contributed by atoms with Gasteiger partial charge in [-0.3, -0.25) is 4.79 Å². The minimum absolute atomic E-state index is 0.0550. The summed E-state index contributed by atoms with van der Waals surface area (Å²) in [5.74, 6) is 0.492. The number of ether oxygens (including phenoxy) is 1. The number of fused-ring (bicyclic) bond motifs is 2. The molecule has 4 rings (SSSR count). The van der Waals surface area contributed by atoms with E-state index in [2.05, 4.69) is 12.6 Å². The Hall–Kier alpha value is -2.55. The third kappa shape index (κ3) is 1.73. The van der Waals surface area contributed by atoms with Crippen LogP contribution in [0, 0.1) is 6.92 Å². The second-order valence-corrected chi connectivity index (χ2v) is 6.58. The van der Waals surface area contributed by atoms with E-state index in [9.17, 15) is 4.79 Å². The van der Waals surface area contributed by atoms with Crippen molar-refractivity contribution >= 4 is 17.2 Å². The van der Waals surface area contributed by atoms with Crippen molar-refractivity contribution in [3.05, 3.63) is 65.7 Å². The highest BCUT2D eigenvalue weighted by molar-refractivity contribution is 6.07. The number of aryl methyl sites for hydroxylation is 1. The molecule has 0 N–H and O–H groups in total. The van der Waals surface area contributed by atoms with Crippen LogP contribution in [0.15, 0.2) is 49.0 Å². The van der Waals surface area contributed by atoms with Crippen LogP contribution >= 0.6 is 0 Å². The topological polar surface area (TPSA) is 29.5 Å². The van der Waals surface area contributed by atoms with E-state index in [4.69, 9.17) is 4.74 Å².